The fraction of sp³-hybridized carbons (Fsp3) is 1.00. The summed E-state index contributed by atoms with van der Waals surface area (Å²) >= 11 is 0. The Labute approximate surface area is 131 Å². The van der Waals surface area contributed by atoms with Crippen LogP contribution >= 0.6 is 0 Å². The SMILES string of the molecule is C1CCC2C(C1)CCCN2CC1(CNC2CC2)CCCC1. The molecule has 120 valence electrons. The zero-order valence-electron chi connectivity index (χ0n) is 13.8. The van der Waals surface area contributed by atoms with E-state index in [4.69, 9.17) is 0 Å². The Morgan fingerprint density at radius 2 is 1.62 bits per heavy atom. The predicted octanol–water partition coefficient (Wildman–Crippen LogP) is 3.95. The molecule has 21 heavy (non-hydrogen) atoms. The summed E-state index contributed by atoms with van der Waals surface area (Å²) in [6, 6.07) is 1.83. The van der Waals surface area contributed by atoms with E-state index in [1.807, 2.05) is 0 Å². The van der Waals surface area contributed by atoms with Crippen LogP contribution in [0, 0.1) is 11.3 Å². The summed E-state index contributed by atoms with van der Waals surface area (Å²) in [6.07, 6.45) is 17.8. The van der Waals surface area contributed by atoms with Gasteiger partial charge in [-0.1, -0.05) is 25.7 Å². The minimum Gasteiger partial charge on any atom is -0.313 e. The molecule has 0 aromatic heterocycles. The second kappa shape index (κ2) is 6.20. The van der Waals surface area contributed by atoms with Gasteiger partial charge in [0.15, 0.2) is 0 Å². The van der Waals surface area contributed by atoms with E-state index in [0.29, 0.717) is 5.41 Å². The molecule has 0 spiro atoms. The molecule has 3 saturated carbocycles. The zero-order valence-corrected chi connectivity index (χ0v) is 13.8. The Kier molecular flexibility index (Phi) is 4.28. The van der Waals surface area contributed by atoms with Crippen LogP contribution in [-0.2, 0) is 0 Å². The number of rotatable bonds is 5. The Hall–Kier alpha value is -0.0800. The van der Waals surface area contributed by atoms with Gasteiger partial charge in [-0.25, -0.2) is 0 Å². The lowest BCUT2D eigenvalue weighted by molar-refractivity contribution is 0.0243. The van der Waals surface area contributed by atoms with Gasteiger partial charge < -0.3 is 5.32 Å². The van der Waals surface area contributed by atoms with Crippen molar-refractivity contribution >= 4 is 0 Å². The third-order valence-corrected chi connectivity index (χ3v) is 6.90. The number of hydrogen-bond donors (Lipinski definition) is 1. The summed E-state index contributed by atoms with van der Waals surface area (Å²) in [7, 11) is 0. The molecule has 1 N–H and O–H groups in total. The molecule has 0 aromatic carbocycles. The molecule has 2 atom stereocenters. The summed E-state index contributed by atoms with van der Waals surface area (Å²) in [5, 5.41) is 3.87. The minimum absolute atomic E-state index is 0.627. The highest BCUT2D eigenvalue weighted by atomic mass is 15.2. The van der Waals surface area contributed by atoms with Crippen molar-refractivity contribution in [2.75, 3.05) is 19.6 Å². The van der Waals surface area contributed by atoms with E-state index in [-0.39, 0.29) is 0 Å². The van der Waals surface area contributed by atoms with E-state index in [1.165, 1.54) is 96.7 Å². The van der Waals surface area contributed by atoms with E-state index < -0.39 is 0 Å². The van der Waals surface area contributed by atoms with Gasteiger partial charge in [-0.05, 0) is 69.2 Å². The standard InChI is InChI=1S/C19H34N2/c1-2-8-18-16(6-1)7-5-13-21(18)15-19(11-3-4-12-19)14-20-17-9-10-17/h16-18,20H,1-15H2. The van der Waals surface area contributed by atoms with Crippen molar-refractivity contribution in [2.24, 2.45) is 11.3 Å². The van der Waals surface area contributed by atoms with Gasteiger partial charge in [0, 0.05) is 25.2 Å². The van der Waals surface area contributed by atoms with Crippen molar-refractivity contribution in [3.8, 4) is 0 Å². The molecular formula is C19H34N2. The van der Waals surface area contributed by atoms with Crippen LogP contribution in [0.4, 0.5) is 0 Å². The number of likely N-dealkylation sites (tertiary alicyclic amines) is 1. The lowest BCUT2D eigenvalue weighted by Crippen LogP contribution is -2.52. The first kappa shape index (κ1) is 14.5. The largest absolute Gasteiger partial charge is 0.313 e. The van der Waals surface area contributed by atoms with Crippen molar-refractivity contribution in [2.45, 2.75) is 89.1 Å². The van der Waals surface area contributed by atoms with Crippen LogP contribution in [0.3, 0.4) is 0 Å². The second-order valence-electron chi connectivity index (χ2n) is 8.59. The van der Waals surface area contributed by atoms with Crippen LogP contribution in [0.2, 0.25) is 0 Å². The van der Waals surface area contributed by atoms with Gasteiger partial charge in [-0.15, -0.1) is 0 Å². The Morgan fingerprint density at radius 3 is 2.43 bits per heavy atom. The second-order valence-corrected chi connectivity index (χ2v) is 8.59. The number of nitrogens with zero attached hydrogens (tertiary/aromatic N) is 1. The van der Waals surface area contributed by atoms with Gasteiger partial charge in [-0.2, -0.15) is 0 Å². The first-order valence-corrected chi connectivity index (χ1v) is 9.82. The van der Waals surface area contributed by atoms with E-state index in [1.54, 1.807) is 0 Å². The van der Waals surface area contributed by atoms with Gasteiger partial charge in [-0.3, -0.25) is 4.90 Å². The third kappa shape index (κ3) is 3.32. The van der Waals surface area contributed by atoms with Gasteiger partial charge in [0.1, 0.15) is 0 Å². The Balaban J connectivity index is 1.41. The number of nitrogens with one attached hydrogen (secondary N) is 1. The maximum absolute atomic E-state index is 3.87. The quantitative estimate of drug-likeness (QED) is 0.824. The zero-order chi connectivity index (χ0) is 14.1. The lowest BCUT2D eigenvalue weighted by atomic mass is 9.76. The summed E-state index contributed by atoms with van der Waals surface area (Å²) in [4.78, 5) is 2.95. The van der Waals surface area contributed by atoms with E-state index in [0.717, 1.165) is 18.0 Å². The molecule has 3 aliphatic carbocycles. The predicted molar refractivity (Wildman–Crippen MR) is 88.5 cm³/mol. The molecule has 1 saturated heterocycles. The average Bonchev–Trinajstić information content (AvgIpc) is 3.25. The highest BCUT2D eigenvalue weighted by Crippen LogP contribution is 2.42. The third-order valence-electron chi connectivity index (χ3n) is 6.90. The highest BCUT2D eigenvalue weighted by Gasteiger charge is 2.41. The molecule has 0 radical (unpaired) electrons. The molecule has 4 aliphatic rings. The number of fused-ring (bicyclic) bond motifs is 1. The van der Waals surface area contributed by atoms with Crippen LogP contribution in [-0.4, -0.2) is 36.6 Å². The smallest absolute Gasteiger partial charge is 0.0124 e. The van der Waals surface area contributed by atoms with Crippen molar-refractivity contribution in [1.82, 2.24) is 10.2 Å². The van der Waals surface area contributed by atoms with Crippen molar-refractivity contribution in [3.63, 3.8) is 0 Å². The number of piperidine rings is 1. The first-order chi connectivity index (χ1) is 10.3. The van der Waals surface area contributed by atoms with Gasteiger partial charge >= 0.3 is 0 Å². The van der Waals surface area contributed by atoms with Gasteiger partial charge in [0.05, 0.1) is 0 Å². The average molecular weight is 290 g/mol. The molecule has 1 heterocycles. The molecule has 2 nitrogen and oxygen atoms in total. The fourth-order valence-corrected chi connectivity index (χ4v) is 5.52. The topological polar surface area (TPSA) is 15.3 Å². The normalized spacial score (nSPS) is 36.6. The Bertz CT molecular complexity index is 341. The Morgan fingerprint density at radius 1 is 0.857 bits per heavy atom. The molecule has 2 heteroatoms. The van der Waals surface area contributed by atoms with E-state index in [9.17, 15) is 0 Å². The van der Waals surface area contributed by atoms with Crippen LogP contribution < -0.4 is 5.32 Å². The van der Waals surface area contributed by atoms with E-state index >= 15 is 0 Å². The number of hydrogen-bond acceptors (Lipinski definition) is 2. The van der Waals surface area contributed by atoms with Crippen LogP contribution in [0.15, 0.2) is 0 Å². The summed E-state index contributed by atoms with van der Waals surface area (Å²) in [5.74, 6) is 1.04. The van der Waals surface area contributed by atoms with Gasteiger partial charge in [0.25, 0.3) is 0 Å². The highest BCUT2D eigenvalue weighted by molar-refractivity contribution is 4.96. The first-order valence-electron chi connectivity index (χ1n) is 9.82. The molecule has 0 aromatic rings. The molecule has 0 amide bonds. The molecule has 4 rings (SSSR count). The molecular weight excluding hydrogens is 256 g/mol. The molecule has 0 bridgehead atoms. The maximum atomic E-state index is 3.87. The maximum Gasteiger partial charge on any atom is 0.0124 e. The van der Waals surface area contributed by atoms with Crippen LogP contribution in [0.25, 0.3) is 0 Å². The molecule has 1 aliphatic heterocycles. The van der Waals surface area contributed by atoms with Crippen molar-refractivity contribution in [3.05, 3.63) is 0 Å². The molecule has 2 unspecified atom stereocenters. The summed E-state index contributed by atoms with van der Waals surface area (Å²) < 4.78 is 0. The van der Waals surface area contributed by atoms with Crippen LogP contribution in [0.1, 0.15) is 77.0 Å². The van der Waals surface area contributed by atoms with E-state index in [2.05, 4.69) is 10.2 Å². The van der Waals surface area contributed by atoms with Crippen molar-refractivity contribution < 1.29 is 0 Å². The fourth-order valence-electron chi connectivity index (χ4n) is 5.52. The van der Waals surface area contributed by atoms with Gasteiger partial charge in [0.2, 0.25) is 0 Å². The van der Waals surface area contributed by atoms with Crippen molar-refractivity contribution in [1.29, 1.82) is 0 Å². The lowest BCUT2D eigenvalue weighted by Gasteiger charge is -2.47. The summed E-state index contributed by atoms with van der Waals surface area (Å²) in [5.41, 5.74) is 0.627. The summed E-state index contributed by atoms with van der Waals surface area (Å²) in [6.45, 7) is 4.12. The van der Waals surface area contributed by atoms with Crippen LogP contribution in [0.5, 0.6) is 0 Å². The minimum atomic E-state index is 0.627. The molecule has 4 fully saturated rings. The monoisotopic (exact) mass is 290 g/mol.